The quantitative estimate of drug-likeness (QED) is 0.926. The molecule has 1 aromatic carbocycles. The lowest BCUT2D eigenvalue weighted by molar-refractivity contribution is 0.206. The maximum Gasteiger partial charge on any atom is 0.317 e. The highest BCUT2D eigenvalue weighted by molar-refractivity contribution is 5.73. The van der Waals surface area contributed by atoms with Crippen molar-refractivity contribution in [3.05, 3.63) is 53.3 Å². The van der Waals surface area contributed by atoms with E-state index in [1.54, 1.807) is 22.8 Å². The number of aryl methyl sites for hydroxylation is 2. The van der Waals surface area contributed by atoms with Crippen LogP contribution < -0.4 is 5.32 Å². The third-order valence-corrected chi connectivity index (χ3v) is 3.09. The summed E-state index contributed by atoms with van der Waals surface area (Å²) >= 11 is 0. The van der Waals surface area contributed by atoms with Gasteiger partial charge in [-0.1, -0.05) is 29.8 Å². The Hall–Kier alpha value is -2.30. The summed E-state index contributed by atoms with van der Waals surface area (Å²) in [7, 11) is 3.64. The summed E-state index contributed by atoms with van der Waals surface area (Å²) in [6.07, 6.45) is 3.67. The smallest absolute Gasteiger partial charge is 0.317 e. The number of benzene rings is 1. The standard InChI is InChI=1S/C15H20N4O/c1-12-4-6-13(7-5-12)8-16-15(20)18(2)10-14-9-17-19(3)11-14/h4-7,9,11H,8,10H2,1-3H3,(H,16,20). The average Bonchev–Trinajstić information content (AvgIpc) is 2.83. The van der Waals surface area contributed by atoms with Crippen LogP contribution in [0.1, 0.15) is 16.7 Å². The number of hydrogen-bond acceptors (Lipinski definition) is 2. The highest BCUT2D eigenvalue weighted by atomic mass is 16.2. The van der Waals surface area contributed by atoms with Crippen molar-refractivity contribution < 1.29 is 4.79 Å². The SMILES string of the molecule is Cc1ccc(CNC(=O)N(C)Cc2cnn(C)c2)cc1. The number of amides is 2. The van der Waals surface area contributed by atoms with Gasteiger partial charge in [0, 0.05) is 32.4 Å². The van der Waals surface area contributed by atoms with Crippen molar-refractivity contribution in [3.8, 4) is 0 Å². The summed E-state index contributed by atoms with van der Waals surface area (Å²) in [6.45, 7) is 3.13. The molecule has 0 spiro atoms. The third kappa shape index (κ3) is 3.85. The molecule has 1 N–H and O–H groups in total. The zero-order valence-corrected chi connectivity index (χ0v) is 12.1. The van der Waals surface area contributed by atoms with Crippen LogP contribution in [0.2, 0.25) is 0 Å². The van der Waals surface area contributed by atoms with Gasteiger partial charge >= 0.3 is 6.03 Å². The van der Waals surface area contributed by atoms with E-state index in [0.29, 0.717) is 13.1 Å². The lowest BCUT2D eigenvalue weighted by atomic mass is 10.1. The molecule has 0 aliphatic rings. The van der Waals surface area contributed by atoms with Crippen LogP contribution in [0.15, 0.2) is 36.7 Å². The molecule has 5 heteroatoms. The topological polar surface area (TPSA) is 50.2 Å². The van der Waals surface area contributed by atoms with Gasteiger partial charge in [0.15, 0.2) is 0 Å². The first-order valence-corrected chi connectivity index (χ1v) is 6.56. The fourth-order valence-corrected chi connectivity index (χ4v) is 1.92. The second-order valence-corrected chi connectivity index (χ2v) is 5.02. The Balaban J connectivity index is 1.83. The van der Waals surface area contributed by atoms with Gasteiger partial charge in [-0.05, 0) is 12.5 Å². The van der Waals surface area contributed by atoms with Crippen LogP contribution >= 0.6 is 0 Å². The van der Waals surface area contributed by atoms with E-state index in [2.05, 4.69) is 10.4 Å². The van der Waals surface area contributed by atoms with Gasteiger partial charge in [-0.2, -0.15) is 5.10 Å². The number of rotatable bonds is 4. The molecule has 5 nitrogen and oxygen atoms in total. The number of carbonyl (C=O) groups excluding carboxylic acids is 1. The molecule has 2 rings (SSSR count). The molecular formula is C15H20N4O. The Morgan fingerprint density at radius 3 is 2.60 bits per heavy atom. The van der Waals surface area contributed by atoms with Crippen LogP contribution in [-0.4, -0.2) is 27.8 Å². The summed E-state index contributed by atoms with van der Waals surface area (Å²) in [4.78, 5) is 13.6. The minimum atomic E-state index is -0.0885. The van der Waals surface area contributed by atoms with Gasteiger partial charge in [0.25, 0.3) is 0 Å². The summed E-state index contributed by atoms with van der Waals surface area (Å²) in [5, 5.41) is 6.99. The monoisotopic (exact) mass is 272 g/mol. The second kappa shape index (κ2) is 6.23. The molecule has 0 bridgehead atoms. The molecule has 1 aromatic heterocycles. The van der Waals surface area contributed by atoms with Gasteiger partial charge in [-0.15, -0.1) is 0 Å². The fourth-order valence-electron chi connectivity index (χ4n) is 1.92. The maximum atomic E-state index is 12.0. The predicted octanol–water partition coefficient (Wildman–Crippen LogP) is 2.07. The molecule has 0 aliphatic heterocycles. The van der Waals surface area contributed by atoms with E-state index in [0.717, 1.165) is 11.1 Å². The molecule has 20 heavy (non-hydrogen) atoms. The van der Waals surface area contributed by atoms with Crippen molar-refractivity contribution in [2.45, 2.75) is 20.0 Å². The van der Waals surface area contributed by atoms with Gasteiger partial charge in [0.2, 0.25) is 0 Å². The lowest BCUT2D eigenvalue weighted by Gasteiger charge is -2.17. The Labute approximate surface area is 119 Å². The van der Waals surface area contributed by atoms with E-state index in [9.17, 15) is 4.79 Å². The predicted molar refractivity (Wildman–Crippen MR) is 78.1 cm³/mol. The molecule has 1 heterocycles. The van der Waals surface area contributed by atoms with Gasteiger partial charge in [0.05, 0.1) is 12.7 Å². The number of nitrogens with zero attached hydrogens (tertiary/aromatic N) is 3. The minimum Gasteiger partial charge on any atom is -0.334 e. The van der Waals surface area contributed by atoms with Crippen LogP contribution in [-0.2, 0) is 20.1 Å². The number of carbonyl (C=O) groups is 1. The molecule has 0 saturated heterocycles. The van der Waals surface area contributed by atoms with E-state index in [1.165, 1.54) is 5.56 Å². The van der Waals surface area contributed by atoms with Crippen LogP contribution in [0.25, 0.3) is 0 Å². The largest absolute Gasteiger partial charge is 0.334 e. The van der Waals surface area contributed by atoms with Gasteiger partial charge in [0.1, 0.15) is 0 Å². The molecule has 2 aromatic rings. The summed E-state index contributed by atoms with van der Waals surface area (Å²) in [5.74, 6) is 0. The number of hydrogen-bond donors (Lipinski definition) is 1. The van der Waals surface area contributed by atoms with E-state index < -0.39 is 0 Å². The Bertz CT molecular complexity index is 574. The molecule has 0 aliphatic carbocycles. The van der Waals surface area contributed by atoms with E-state index in [-0.39, 0.29) is 6.03 Å². The van der Waals surface area contributed by atoms with Crippen molar-refractivity contribution in [2.24, 2.45) is 7.05 Å². The van der Waals surface area contributed by atoms with Gasteiger partial charge in [-0.25, -0.2) is 4.79 Å². The van der Waals surface area contributed by atoms with Crippen molar-refractivity contribution in [3.63, 3.8) is 0 Å². The van der Waals surface area contributed by atoms with Crippen molar-refractivity contribution in [1.29, 1.82) is 0 Å². The van der Waals surface area contributed by atoms with Crippen LogP contribution in [0.3, 0.4) is 0 Å². The number of urea groups is 1. The van der Waals surface area contributed by atoms with Gasteiger partial charge in [-0.3, -0.25) is 4.68 Å². The van der Waals surface area contributed by atoms with Gasteiger partial charge < -0.3 is 10.2 Å². The zero-order chi connectivity index (χ0) is 14.5. The molecule has 0 fully saturated rings. The first-order valence-electron chi connectivity index (χ1n) is 6.56. The van der Waals surface area contributed by atoms with E-state index in [1.807, 2.05) is 44.4 Å². The lowest BCUT2D eigenvalue weighted by Crippen LogP contribution is -2.36. The fraction of sp³-hybridized carbons (Fsp3) is 0.333. The molecule has 0 radical (unpaired) electrons. The normalized spacial score (nSPS) is 10.3. The second-order valence-electron chi connectivity index (χ2n) is 5.02. The molecule has 0 saturated carbocycles. The molecule has 0 atom stereocenters. The summed E-state index contributed by atoms with van der Waals surface area (Å²) in [5.41, 5.74) is 3.33. The Morgan fingerprint density at radius 1 is 1.30 bits per heavy atom. The zero-order valence-electron chi connectivity index (χ0n) is 12.1. The number of nitrogens with one attached hydrogen (secondary N) is 1. The highest BCUT2D eigenvalue weighted by Gasteiger charge is 2.09. The van der Waals surface area contributed by atoms with E-state index >= 15 is 0 Å². The van der Waals surface area contributed by atoms with Crippen molar-refractivity contribution >= 4 is 6.03 Å². The third-order valence-electron chi connectivity index (χ3n) is 3.09. The van der Waals surface area contributed by atoms with Crippen molar-refractivity contribution in [1.82, 2.24) is 20.0 Å². The Kier molecular flexibility index (Phi) is 4.40. The molecular weight excluding hydrogens is 252 g/mol. The minimum absolute atomic E-state index is 0.0885. The average molecular weight is 272 g/mol. The maximum absolute atomic E-state index is 12.0. The molecule has 0 unspecified atom stereocenters. The Morgan fingerprint density at radius 2 is 2.00 bits per heavy atom. The van der Waals surface area contributed by atoms with Crippen LogP contribution in [0.4, 0.5) is 4.79 Å². The molecule has 106 valence electrons. The molecule has 2 amide bonds. The highest BCUT2D eigenvalue weighted by Crippen LogP contribution is 2.04. The summed E-state index contributed by atoms with van der Waals surface area (Å²) < 4.78 is 1.73. The van der Waals surface area contributed by atoms with Crippen LogP contribution in [0.5, 0.6) is 0 Å². The first-order chi connectivity index (χ1) is 9.54. The van der Waals surface area contributed by atoms with Crippen LogP contribution in [0, 0.1) is 6.92 Å². The summed E-state index contributed by atoms with van der Waals surface area (Å²) in [6, 6.07) is 8.05. The van der Waals surface area contributed by atoms with E-state index in [4.69, 9.17) is 0 Å². The van der Waals surface area contributed by atoms with Crippen molar-refractivity contribution in [2.75, 3.05) is 7.05 Å². The number of aromatic nitrogens is 2. The first kappa shape index (κ1) is 14.1.